The van der Waals surface area contributed by atoms with E-state index in [0.717, 1.165) is 0 Å². The molecule has 96 valence electrons. The summed E-state index contributed by atoms with van der Waals surface area (Å²) in [4.78, 5) is 11.3. The molecular formula is C13H13BrO4. The molecule has 4 unspecified atom stereocenters. The molecule has 0 aromatic carbocycles. The van der Waals surface area contributed by atoms with Gasteiger partial charge in [-0.2, -0.15) is 0 Å². The summed E-state index contributed by atoms with van der Waals surface area (Å²) in [6, 6.07) is 0. The normalized spacial score (nSPS) is 69.9. The van der Waals surface area contributed by atoms with Gasteiger partial charge in [-0.05, 0) is 11.8 Å². The number of hydrogen-bond acceptors (Lipinski definition) is 4. The molecule has 6 aliphatic carbocycles. The van der Waals surface area contributed by atoms with E-state index in [2.05, 4.69) is 15.9 Å². The van der Waals surface area contributed by atoms with Crippen molar-refractivity contribution in [2.45, 2.75) is 22.6 Å². The molecule has 0 aromatic rings. The first-order valence-corrected chi connectivity index (χ1v) is 7.56. The van der Waals surface area contributed by atoms with Crippen molar-refractivity contribution in [3.05, 3.63) is 0 Å². The summed E-state index contributed by atoms with van der Waals surface area (Å²) < 4.78 is 17.8. The molecular weight excluding hydrogens is 300 g/mol. The smallest absolute Gasteiger partial charge is 0.303 e. The molecule has 18 heavy (non-hydrogen) atoms. The summed E-state index contributed by atoms with van der Waals surface area (Å²) in [5, 5.41) is 0. The molecule has 6 saturated carbocycles. The molecule has 2 bridgehead atoms. The Morgan fingerprint density at radius 1 is 1.11 bits per heavy atom. The van der Waals surface area contributed by atoms with Gasteiger partial charge in [0.05, 0.1) is 17.5 Å². The van der Waals surface area contributed by atoms with Crippen LogP contribution in [0.4, 0.5) is 0 Å². The van der Waals surface area contributed by atoms with Crippen LogP contribution in [-0.4, -0.2) is 34.9 Å². The molecule has 4 nitrogen and oxygen atoms in total. The minimum Gasteiger partial charge on any atom is -0.458 e. The Bertz CT molecular complexity index is 505. The molecule has 0 aromatic heterocycles. The fourth-order valence-electron chi connectivity index (χ4n) is 6.97. The average Bonchev–Trinajstić information content (AvgIpc) is 2.86. The Balaban J connectivity index is 1.49. The van der Waals surface area contributed by atoms with E-state index in [-0.39, 0.29) is 15.9 Å². The van der Waals surface area contributed by atoms with Crippen molar-refractivity contribution in [3.63, 3.8) is 0 Å². The Morgan fingerprint density at radius 2 is 1.67 bits per heavy atom. The first kappa shape index (κ1) is 9.72. The van der Waals surface area contributed by atoms with Gasteiger partial charge in [-0.25, -0.2) is 0 Å². The second-order valence-electron chi connectivity index (χ2n) is 6.73. The monoisotopic (exact) mass is 312 g/mol. The number of alkyl halides is 1. The molecule has 5 heteroatoms. The lowest BCUT2D eigenvalue weighted by Gasteiger charge is -2.89. The van der Waals surface area contributed by atoms with Crippen molar-refractivity contribution >= 4 is 21.9 Å². The van der Waals surface area contributed by atoms with Crippen LogP contribution < -0.4 is 0 Å². The van der Waals surface area contributed by atoms with E-state index in [9.17, 15) is 4.79 Å². The molecule has 0 N–H and O–H groups in total. The van der Waals surface area contributed by atoms with Gasteiger partial charge in [0, 0.05) is 30.6 Å². The number of rotatable bonds is 1. The van der Waals surface area contributed by atoms with E-state index < -0.39 is 5.79 Å². The Morgan fingerprint density at radius 3 is 2.22 bits per heavy atom. The Labute approximate surface area is 112 Å². The van der Waals surface area contributed by atoms with Crippen LogP contribution in [0.3, 0.4) is 0 Å². The van der Waals surface area contributed by atoms with Gasteiger partial charge in [-0.15, -0.1) is 0 Å². The fourth-order valence-corrected chi connectivity index (χ4v) is 8.60. The summed E-state index contributed by atoms with van der Waals surface area (Å²) in [5.74, 6) is 2.70. The van der Waals surface area contributed by atoms with Crippen molar-refractivity contribution in [1.82, 2.24) is 0 Å². The van der Waals surface area contributed by atoms with Crippen LogP contribution >= 0.6 is 15.9 Å². The van der Waals surface area contributed by atoms with Crippen LogP contribution in [0.5, 0.6) is 0 Å². The van der Waals surface area contributed by atoms with E-state index >= 15 is 0 Å². The minimum atomic E-state index is -0.395. The highest BCUT2D eigenvalue weighted by molar-refractivity contribution is 9.10. The lowest BCUT2D eigenvalue weighted by atomic mass is 9.17. The quantitative estimate of drug-likeness (QED) is 0.534. The molecule has 1 aliphatic heterocycles. The predicted molar refractivity (Wildman–Crippen MR) is 61.7 cm³/mol. The topological polar surface area (TPSA) is 44.8 Å². The Kier molecular flexibility index (Phi) is 1.19. The van der Waals surface area contributed by atoms with Gasteiger partial charge >= 0.3 is 5.97 Å². The van der Waals surface area contributed by atoms with Gasteiger partial charge in [0.25, 0.3) is 0 Å². The lowest BCUT2D eigenvalue weighted by Crippen LogP contribution is -2.96. The van der Waals surface area contributed by atoms with Gasteiger partial charge in [-0.1, -0.05) is 15.9 Å². The number of carbonyl (C=O) groups is 1. The summed E-state index contributed by atoms with van der Waals surface area (Å²) >= 11 is 3.97. The van der Waals surface area contributed by atoms with Crippen molar-refractivity contribution in [2.75, 3.05) is 13.2 Å². The van der Waals surface area contributed by atoms with E-state index in [4.69, 9.17) is 14.2 Å². The highest BCUT2D eigenvalue weighted by Gasteiger charge is 3.10. The van der Waals surface area contributed by atoms with E-state index in [1.54, 1.807) is 0 Å². The minimum absolute atomic E-state index is 0.0308. The molecule has 8 atom stereocenters. The first-order chi connectivity index (χ1) is 8.61. The molecule has 0 amide bonds. The van der Waals surface area contributed by atoms with Crippen LogP contribution in [-0.2, 0) is 19.0 Å². The van der Waals surface area contributed by atoms with Crippen LogP contribution in [0.1, 0.15) is 6.92 Å². The summed E-state index contributed by atoms with van der Waals surface area (Å²) in [7, 11) is 0. The molecule has 0 radical (unpaired) electrons. The standard InChI is InChI=1S/C13H13BrO4/c1-4(15)18-11-5-8-6(11)10-7(11)9(5)12(8,14)13(10)16-2-3-17-13/h5-10H,2-3H2,1H3/t5?,6-,7+,8-,9-,10?,11?,12?/m1/s1. The summed E-state index contributed by atoms with van der Waals surface area (Å²) in [5.41, 5.74) is -0.109. The van der Waals surface area contributed by atoms with E-state index in [1.807, 2.05) is 0 Å². The van der Waals surface area contributed by atoms with Gasteiger partial charge in [0.15, 0.2) is 5.79 Å². The number of carbonyl (C=O) groups excluding carboxylic acids is 1. The molecule has 1 saturated heterocycles. The predicted octanol–water partition coefficient (Wildman–Crippen LogP) is 0.930. The van der Waals surface area contributed by atoms with E-state index in [0.29, 0.717) is 48.7 Å². The van der Waals surface area contributed by atoms with Gasteiger partial charge < -0.3 is 14.2 Å². The van der Waals surface area contributed by atoms with Crippen molar-refractivity contribution in [3.8, 4) is 0 Å². The molecule has 7 rings (SSSR count). The maximum Gasteiger partial charge on any atom is 0.303 e. The third-order valence-corrected chi connectivity index (χ3v) is 8.47. The van der Waals surface area contributed by atoms with Crippen LogP contribution in [0.15, 0.2) is 0 Å². The number of hydrogen-bond donors (Lipinski definition) is 0. The lowest BCUT2D eigenvalue weighted by molar-refractivity contribution is -0.459. The maximum atomic E-state index is 11.3. The zero-order chi connectivity index (χ0) is 12.1. The molecule has 7 fully saturated rings. The third kappa shape index (κ3) is 0.511. The van der Waals surface area contributed by atoms with Gasteiger partial charge in [-0.3, -0.25) is 4.79 Å². The highest BCUT2D eigenvalue weighted by atomic mass is 79.9. The van der Waals surface area contributed by atoms with E-state index in [1.165, 1.54) is 6.92 Å². The molecule has 1 heterocycles. The molecule has 7 aliphatic rings. The first-order valence-electron chi connectivity index (χ1n) is 6.77. The molecule has 1 spiro atoms. The Hall–Kier alpha value is -0.130. The van der Waals surface area contributed by atoms with Crippen LogP contribution in [0.25, 0.3) is 0 Å². The largest absolute Gasteiger partial charge is 0.458 e. The van der Waals surface area contributed by atoms with Crippen molar-refractivity contribution < 1.29 is 19.0 Å². The average molecular weight is 313 g/mol. The van der Waals surface area contributed by atoms with Crippen LogP contribution in [0.2, 0.25) is 0 Å². The second-order valence-corrected chi connectivity index (χ2v) is 8.05. The summed E-state index contributed by atoms with van der Waals surface area (Å²) in [6.07, 6.45) is 0. The summed E-state index contributed by atoms with van der Waals surface area (Å²) in [6.45, 7) is 2.93. The zero-order valence-electron chi connectivity index (χ0n) is 9.89. The van der Waals surface area contributed by atoms with Gasteiger partial charge in [0.1, 0.15) is 5.60 Å². The SMILES string of the molecule is CC(=O)OC12C3[C@@H]4[C@H]1C1[C@H]2[C@@H]3C4(Br)C12OCCO2. The number of esters is 1. The zero-order valence-corrected chi connectivity index (χ0v) is 11.5. The number of halogens is 1. The third-order valence-electron chi connectivity index (χ3n) is 6.86. The fraction of sp³-hybridized carbons (Fsp3) is 0.923. The van der Waals surface area contributed by atoms with Crippen LogP contribution in [0, 0.1) is 35.5 Å². The second kappa shape index (κ2) is 2.21. The maximum absolute atomic E-state index is 11.3. The number of ether oxygens (including phenoxy) is 3. The van der Waals surface area contributed by atoms with Crippen molar-refractivity contribution in [1.29, 1.82) is 0 Å². The highest BCUT2D eigenvalue weighted by Crippen LogP contribution is 3.02. The van der Waals surface area contributed by atoms with Crippen molar-refractivity contribution in [2.24, 2.45) is 35.5 Å². The van der Waals surface area contributed by atoms with Gasteiger partial charge in [0.2, 0.25) is 0 Å².